The van der Waals surface area contributed by atoms with Gasteiger partial charge in [0.25, 0.3) is 0 Å². The van der Waals surface area contributed by atoms with E-state index < -0.39 is 5.41 Å². The van der Waals surface area contributed by atoms with E-state index in [4.69, 9.17) is 4.98 Å². The van der Waals surface area contributed by atoms with E-state index in [0.717, 1.165) is 22.1 Å². The number of nitrogens with zero attached hydrogens (tertiary/aromatic N) is 2. The minimum absolute atomic E-state index is 0.153. The van der Waals surface area contributed by atoms with Crippen molar-refractivity contribution in [2.45, 2.75) is 24.7 Å². The Morgan fingerprint density at radius 3 is 1.64 bits per heavy atom. The molecule has 2 aromatic heterocycles. The van der Waals surface area contributed by atoms with Crippen LogP contribution in [-0.2, 0) is 10.8 Å². The summed E-state index contributed by atoms with van der Waals surface area (Å²) in [6, 6.07) is 67.7. The number of aromatic nitrogens is 2. The Labute approximate surface area is 320 Å². The molecule has 0 aliphatic heterocycles. The van der Waals surface area contributed by atoms with Crippen LogP contribution in [0.4, 0.5) is 0 Å². The fourth-order valence-corrected chi connectivity index (χ4v) is 10.4. The third kappa shape index (κ3) is 3.96. The van der Waals surface area contributed by atoms with Gasteiger partial charge in [0.1, 0.15) is 5.65 Å². The number of pyridine rings is 1. The van der Waals surface area contributed by atoms with Crippen LogP contribution < -0.4 is 0 Å². The summed E-state index contributed by atoms with van der Waals surface area (Å²) in [4.78, 5) is 5.16. The molecule has 0 N–H and O–H groups in total. The number of hydrogen-bond acceptors (Lipinski definition) is 1. The molecule has 0 bridgehead atoms. The van der Waals surface area contributed by atoms with Crippen molar-refractivity contribution in [3.63, 3.8) is 0 Å². The quantitative estimate of drug-likeness (QED) is 0.164. The molecule has 55 heavy (non-hydrogen) atoms. The molecule has 0 unspecified atom stereocenters. The average Bonchev–Trinajstić information content (AvgIpc) is 3.78. The summed E-state index contributed by atoms with van der Waals surface area (Å²) >= 11 is 0. The maximum absolute atomic E-state index is 5.16. The molecular weight excluding hydrogens is 665 g/mol. The maximum atomic E-state index is 5.16. The molecule has 0 amide bonds. The molecular formula is C53H36N2. The van der Waals surface area contributed by atoms with Crippen LogP contribution in [0.25, 0.3) is 71.7 Å². The van der Waals surface area contributed by atoms with Crippen LogP contribution in [0.3, 0.4) is 0 Å². The molecule has 2 heterocycles. The Bertz CT molecular complexity index is 3190. The van der Waals surface area contributed by atoms with E-state index in [2.05, 4.69) is 200 Å². The molecule has 2 aliphatic rings. The molecule has 0 saturated heterocycles. The van der Waals surface area contributed by atoms with Crippen LogP contribution in [-0.4, -0.2) is 9.38 Å². The lowest BCUT2D eigenvalue weighted by Gasteiger charge is -2.46. The van der Waals surface area contributed by atoms with Gasteiger partial charge in [-0.3, -0.25) is 4.40 Å². The Hall–Kier alpha value is -6.77. The monoisotopic (exact) mass is 700 g/mol. The van der Waals surface area contributed by atoms with Crippen molar-refractivity contribution < 1.29 is 0 Å². The third-order valence-corrected chi connectivity index (χ3v) is 12.9. The van der Waals surface area contributed by atoms with Gasteiger partial charge in [0.05, 0.1) is 22.0 Å². The molecule has 0 radical (unpaired) electrons. The highest BCUT2D eigenvalue weighted by atomic mass is 15.0. The first kappa shape index (κ1) is 30.7. The van der Waals surface area contributed by atoms with Gasteiger partial charge in [-0.25, -0.2) is 4.98 Å². The molecule has 12 rings (SSSR count). The van der Waals surface area contributed by atoms with Crippen LogP contribution in [0, 0.1) is 0 Å². The Morgan fingerprint density at radius 2 is 0.909 bits per heavy atom. The fourth-order valence-electron chi connectivity index (χ4n) is 10.4. The van der Waals surface area contributed by atoms with Crippen LogP contribution in [0.15, 0.2) is 182 Å². The zero-order chi connectivity index (χ0) is 36.5. The second-order valence-corrected chi connectivity index (χ2v) is 15.9. The van der Waals surface area contributed by atoms with Gasteiger partial charge in [0, 0.05) is 16.2 Å². The zero-order valence-electron chi connectivity index (χ0n) is 30.7. The van der Waals surface area contributed by atoms with Crippen LogP contribution in [0.1, 0.15) is 47.2 Å². The first-order chi connectivity index (χ1) is 27.0. The summed E-state index contributed by atoms with van der Waals surface area (Å²) in [5.74, 6) is 0. The summed E-state index contributed by atoms with van der Waals surface area (Å²) < 4.78 is 2.32. The summed E-state index contributed by atoms with van der Waals surface area (Å²) in [6.07, 6.45) is 0. The van der Waals surface area contributed by atoms with Crippen LogP contribution in [0.2, 0.25) is 0 Å². The van der Waals surface area contributed by atoms with Gasteiger partial charge in [-0.15, -0.1) is 0 Å². The van der Waals surface area contributed by atoms with Gasteiger partial charge in [-0.05, 0) is 102 Å². The van der Waals surface area contributed by atoms with Gasteiger partial charge in [0.2, 0.25) is 0 Å². The summed E-state index contributed by atoms with van der Waals surface area (Å²) in [7, 11) is 0. The van der Waals surface area contributed by atoms with Gasteiger partial charge >= 0.3 is 0 Å². The van der Waals surface area contributed by atoms with E-state index in [0.29, 0.717) is 0 Å². The van der Waals surface area contributed by atoms with Gasteiger partial charge in [-0.2, -0.15) is 0 Å². The molecule has 0 saturated carbocycles. The Morgan fingerprint density at radius 1 is 0.382 bits per heavy atom. The number of rotatable bonds is 2. The first-order valence-corrected chi connectivity index (χ1v) is 19.3. The molecule has 1 spiro atoms. The lowest BCUT2D eigenvalue weighted by Crippen LogP contribution is -2.40. The predicted octanol–water partition coefficient (Wildman–Crippen LogP) is 13.1. The summed E-state index contributed by atoms with van der Waals surface area (Å²) in [5.41, 5.74) is 19.6. The standard InChI is InChI=1S/C53H36N2/c1-52(2)44-18-8-9-19-46(44)53(42-16-6-3-13-38(42)39-14-4-7-17-43(39)53)47-32-36(28-30-45(47)52)34-25-23-33(24-26-34)35-27-29-37-40-15-5-11-21-49(40)55-50-22-12-10-20-48(50)54-51(55)41(37)31-35/h3-32H,1-2H3. The summed E-state index contributed by atoms with van der Waals surface area (Å²) in [6.45, 7) is 4.79. The third-order valence-electron chi connectivity index (χ3n) is 12.9. The van der Waals surface area contributed by atoms with Crippen LogP contribution >= 0.6 is 0 Å². The van der Waals surface area contributed by atoms with Crippen molar-refractivity contribution in [1.29, 1.82) is 0 Å². The molecule has 258 valence electrons. The van der Waals surface area contributed by atoms with E-state index in [1.165, 1.54) is 83.1 Å². The fraction of sp³-hybridized carbons (Fsp3) is 0.0755. The lowest BCUT2D eigenvalue weighted by molar-refractivity contribution is 0.563. The van der Waals surface area contributed by atoms with Crippen LogP contribution in [0.5, 0.6) is 0 Å². The highest BCUT2D eigenvalue weighted by Crippen LogP contribution is 2.62. The Kier molecular flexibility index (Phi) is 6.08. The van der Waals surface area contributed by atoms with Crippen molar-refractivity contribution in [3.05, 3.63) is 215 Å². The number of benzene rings is 8. The minimum Gasteiger partial charge on any atom is -0.292 e. The van der Waals surface area contributed by atoms with E-state index in [1.54, 1.807) is 0 Å². The van der Waals surface area contributed by atoms with Gasteiger partial charge < -0.3 is 0 Å². The SMILES string of the molecule is CC1(C)c2ccccc2C2(c3ccccc3-c3ccccc32)c2cc(-c3ccc(-c4ccc5c6ccccc6n6c7ccccc7nc6c5c4)cc3)ccc21. The first-order valence-electron chi connectivity index (χ1n) is 19.3. The largest absolute Gasteiger partial charge is 0.292 e. The second-order valence-electron chi connectivity index (χ2n) is 15.9. The lowest BCUT2D eigenvalue weighted by atomic mass is 9.55. The van der Waals surface area contributed by atoms with Gasteiger partial charge in [0.15, 0.2) is 0 Å². The smallest absolute Gasteiger partial charge is 0.146 e. The average molecular weight is 701 g/mol. The molecule has 0 fully saturated rings. The molecule has 0 atom stereocenters. The molecule has 2 aliphatic carbocycles. The van der Waals surface area contributed by atoms with E-state index in [-0.39, 0.29) is 5.41 Å². The van der Waals surface area contributed by atoms with Crippen molar-refractivity contribution in [2.24, 2.45) is 0 Å². The highest BCUT2D eigenvalue weighted by Gasteiger charge is 2.53. The zero-order valence-corrected chi connectivity index (χ0v) is 30.7. The summed E-state index contributed by atoms with van der Waals surface area (Å²) in [5, 5.41) is 3.62. The number of imidazole rings is 1. The van der Waals surface area contributed by atoms with Crippen molar-refractivity contribution in [2.75, 3.05) is 0 Å². The predicted molar refractivity (Wildman–Crippen MR) is 228 cm³/mol. The second kappa shape index (κ2) is 10.9. The number of fused-ring (bicyclic) bond motifs is 17. The van der Waals surface area contributed by atoms with Crippen molar-refractivity contribution in [1.82, 2.24) is 9.38 Å². The molecule has 2 nitrogen and oxygen atoms in total. The maximum Gasteiger partial charge on any atom is 0.146 e. The normalized spacial score (nSPS) is 14.7. The number of hydrogen-bond donors (Lipinski definition) is 0. The molecule has 2 heteroatoms. The van der Waals surface area contributed by atoms with E-state index in [1.807, 2.05) is 0 Å². The van der Waals surface area contributed by atoms with Gasteiger partial charge in [-0.1, -0.05) is 166 Å². The molecule has 10 aromatic rings. The molecule has 8 aromatic carbocycles. The van der Waals surface area contributed by atoms with Crippen molar-refractivity contribution in [3.8, 4) is 33.4 Å². The number of para-hydroxylation sites is 3. The van der Waals surface area contributed by atoms with E-state index in [9.17, 15) is 0 Å². The minimum atomic E-state index is -0.400. The van der Waals surface area contributed by atoms with Crippen molar-refractivity contribution >= 4 is 38.4 Å². The Balaban J connectivity index is 1.03. The highest BCUT2D eigenvalue weighted by molar-refractivity contribution is 6.14. The topological polar surface area (TPSA) is 17.3 Å². The van der Waals surface area contributed by atoms with E-state index >= 15 is 0 Å².